The van der Waals surface area contributed by atoms with Gasteiger partial charge in [0.15, 0.2) is 5.78 Å². The number of nitrogens with zero attached hydrogens (tertiary/aromatic N) is 1. The Morgan fingerprint density at radius 2 is 1.72 bits per heavy atom. The maximum absolute atomic E-state index is 13.7. The minimum absolute atomic E-state index is 0.0864. The van der Waals surface area contributed by atoms with E-state index in [1.54, 1.807) is 18.0 Å². The second-order valence-electron chi connectivity index (χ2n) is 9.32. The zero-order valence-corrected chi connectivity index (χ0v) is 21.5. The van der Waals surface area contributed by atoms with Gasteiger partial charge < -0.3 is 10.6 Å². The lowest BCUT2D eigenvalue weighted by Gasteiger charge is -2.37. The average molecular weight is 496 g/mol. The van der Waals surface area contributed by atoms with E-state index in [1.807, 2.05) is 62.6 Å². The highest BCUT2D eigenvalue weighted by atomic mass is 32.2. The van der Waals surface area contributed by atoms with Crippen molar-refractivity contribution in [2.24, 2.45) is 0 Å². The number of dihydropyridines is 1. The molecule has 1 aliphatic heterocycles. The molecular weight excluding hydrogens is 466 g/mol. The predicted octanol–water partition coefficient (Wildman–Crippen LogP) is 6.11. The number of anilines is 1. The highest BCUT2D eigenvalue weighted by Crippen LogP contribution is 2.45. The van der Waals surface area contributed by atoms with Crippen molar-refractivity contribution in [3.8, 4) is 0 Å². The summed E-state index contributed by atoms with van der Waals surface area (Å²) in [4.78, 5) is 32.9. The van der Waals surface area contributed by atoms with Crippen molar-refractivity contribution in [3.05, 3.63) is 112 Å². The second kappa shape index (κ2) is 10.2. The molecule has 1 amide bonds. The van der Waals surface area contributed by atoms with E-state index in [2.05, 4.69) is 39.9 Å². The number of hydrogen-bond donors (Lipinski definition) is 2. The molecule has 2 aliphatic rings. The fourth-order valence-electron chi connectivity index (χ4n) is 5.22. The lowest BCUT2D eigenvalue weighted by Crippen LogP contribution is -2.37. The minimum atomic E-state index is -0.439. The predicted molar refractivity (Wildman–Crippen MR) is 145 cm³/mol. The number of Topliss-reactive ketones (excluding diaryl/α,β-unsaturated/α-hetero) is 1. The maximum Gasteiger partial charge on any atom is 0.255 e. The van der Waals surface area contributed by atoms with Gasteiger partial charge in [0, 0.05) is 46.0 Å². The molecule has 182 valence electrons. The Morgan fingerprint density at radius 1 is 0.972 bits per heavy atom. The lowest BCUT2D eigenvalue weighted by atomic mass is 9.71. The molecule has 3 aromatic rings. The molecule has 1 aromatic heterocycles. The highest BCUT2D eigenvalue weighted by molar-refractivity contribution is 7.98. The van der Waals surface area contributed by atoms with Gasteiger partial charge in [-0.05, 0) is 67.3 Å². The highest BCUT2D eigenvalue weighted by Gasteiger charge is 2.41. The largest absolute Gasteiger partial charge is 0.362 e. The Labute approximate surface area is 216 Å². The second-order valence-corrected chi connectivity index (χ2v) is 10.2. The van der Waals surface area contributed by atoms with Gasteiger partial charge in [0.1, 0.15) is 5.82 Å². The van der Waals surface area contributed by atoms with Gasteiger partial charge in [-0.1, -0.05) is 48.5 Å². The normalized spacial score (nSPS) is 19.6. The first-order chi connectivity index (χ1) is 17.5. The van der Waals surface area contributed by atoms with Crippen LogP contribution in [0.5, 0.6) is 0 Å². The average Bonchev–Trinajstić information content (AvgIpc) is 2.89. The number of amides is 1. The van der Waals surface area contributed by atoms with Gasteiger partial charge in [0.2, 0.25) is 0 Å². The summed E-state index contributed by atoms with van der Waals surface area (Å²) in [5.74, 6) is 0.0426. The van der Waals surface area contributed by atoms with Crippen LogP contribution in [0.1, 0.15) is 48.3 Å². The summed E-state index contributed by atoms with van der Waals surface area (Å²) in [5, 5.41) is 6.45. The number of aryl methyl sites for hydroxylation is 1. The molecule has 0 unspecified atom stereocenters. The zero-order valence-electron chi connectivity index (χ0n) is 20.7. The van der Waals surface area contributed by atoms with Crippen molar-refractivity contribution in [2.75, 3.05) is 11.6 Å². The number of aromatic nitrogens is 1. The van der Waals surface area contributed by atoms with Crippen LogP contribution in [0.2, 0.25) is 0 Å². The first kappa shape index (κ1) is 24.1. The molecule has 1 aliphatic carbocycles. The molecule has 0 bridgehead atoms. The van der Waals surface area contributed by atoms with Crippen LogP contribution >= 0.6 is 11.8 Å². The summed E-state index contributed by atoms with van der Waals surface area (Å²) in [6.45, 7) is 3.83. The SMILES string of the molecule is CSc1ccc([C@H]2C(C(=O)Nc3ncccc3C)=C(C)NC3=C2C(=O)C[C@H](c2ccccc2)C3)cc1. The molecule has 0 saturated heterocycles. The van der Waals surface area contributed by atoms with Crippen LogP contribution in [0.15, 0.2) is 100 Å². The Morgan fingerprint density at radius 3 is 2.42 bits per heavy atom. The van der Waals surface area contributed by atoms with E-state index < -0.39 is 5.92 Å². The number of thioether (sulfide) groups is 1. The third-order valence-corrected chi connectivity index (χ3v) is 7.78. The van der Waals surface area contributed by atoms with E-state index in [1.165, 1.54) is 0 Å². The van der Waals surface area contributed by atoms with Crippen LogP contribution in [0.4, 0.5) is 5.82 Å². The van der Waals surface area contributed by atoms with Crippen molar-refractivity contribution >= 4 is 29.3 Å². The molecule has 0 radical (unpaired) electrons. The minimum Gasteiger partial charge on any atom is -0.362 e. The molecule has 0 saturated carbocycles. The Hall–Kier alpha value is -3.64. The third kappa shape index (κ3) is 4.61. The summed E-state index contributed by atoms with van der Waals surface area (Å²) in [6, 6.07) is 22.1. The van der Waals surface area contributed by atoms with E-state index in [4.69, 9.17) is 0 Å². The van der Waals surface area contributed by atoms with Crippen molar-refractivity contribution in [3.63, 3.8) is 0 Å². The molecule has 6 heteroatoms. The Bertz CT molecular complexity index is 1380. The number of carbonyl (C=O) groups excluding carboxylic acids is 2. The number of pyridine rings is 1. The summed E-state index contributed by atoms with van der Waals surface area (Å²) < 4.78 is 0. The van der Waals surface area contributed by atoms with E-state index in [0.29, 0.717) is 23.4 Å². The van der Waals surface area contributed by atoms with Gasteiger partial charge >= 0.3 is 0 Å². The Kier molecular flexibility index (Phi) is 6.79. The van der Waals surface area contributed by atoms with Crippen LogP contribution in [0, 0.1) is 6.92 Å². The molecule has 2 atom stereocenters. The first-order valence-corrected chi connectivity index (χ1v) is 13.3. The van der Waals surface area contributed by atoms with E-state index in [-0.39, 0.29) is 17.6 Å². The van der Waals surface area contributed by atoms with Gasteiger partial charge in [-0.3, -0.25) is 9.59 Å². The fourth-order valence-corrected chi connectivity index (χ4v) is 5.63. The van der Waals surface area contributed by atoms with Crippen molar-refractivity contribution in [1.82, 2.24) is 10.3 Å². The van der Waals surface area contributed by atoms with Crippen LogP contribution < -0.4 is 10.6 Å². The molecule has 36 heavy (non-hydrogen) atoms. The molecule has 2 aromatic carbocycles. The van der Waals surface area contributed by atoms with Crippen molar-refractivity contribution < 1.29 is 9.59 Å². The molecule has 5 nitrogen and oxygen atoms in total. The lowest BCUT2D eigenvalue weighted by molar-refractivity contribution is -0.116. The number of hydrogen-bond acceptors (Lipinski definition) is 5. The number of rotatable bonds is 5. The van der Waals surface area contributed by atoms with Crippen molar-refractivity contribution in [2.45, 2.75) is 43.4 Å². The van der Waals surface area contributed by atoms with Gasteiger partial charge in [0.05, 0.1) is 0 Å². The smallest absolute Gasteiger partial charge is 0.255 e. The number of nitrogens with one attached hydrogen (secondary N) is 2. The maximum atomic E-state index is 13.7. The Balaban J connectivity index is 1.57. The summed E-state index contributed by atoms with van der Waals surface area (Å²) >= 11 is 1.67. The van der Waals surface area contributed by atoms with Gasteiger partial charge in [-0.15, -0.1) is 11.8 Å². The summed E-state index contributed by atoms with van der Waals surface area (Å²) in [5.41, 5.74) is 5.93. The standard InChI is InChI=1S/C30H29N3O2S/c1-18-8-7-15-31-29(18)33-30(35)26-19(2)32-24-16-22(20-9-5-4-6-10-20)17-25(34)28(24)27(26)21-11-13-23(36-3)14-12-21/h4-15,22,27,32H,16-17H2,1-3H3,(H,31,33,35)/t22-,27+/m1/s1. The van der Waals surface area contributed by atoms with Gasteiger partial charge in [0.25, 0.3) is 5.91 Å². The summed E-state index contributed by atoms with van der Waals surface area (Å²) in [7, 11) is 0. The number of carbonyl (C=O) groups is 2. The van der Waals surface area contributed by atoms with Gasteiger partial charge in [-0.2, -0.15) is 0 Å². The number of benzene rings is 2. The first-order valence-electron chi connectivity index (χ1n) is 12.1. The van der Waals surface area contributed by atoms with Crippen LogP contribution in [-0.4, -0.2) is 22.9 Å². The van der Waals surface area contributed by atoms with Crippen LogP contribution in [-0.2, 0) is 9.59 Å². The van der Waals surface area contributed by atoms with E-state index >= 15 is 0 Å². The van der Waals surface area contributed by atoms with E-state index in [0.717, 1.165) is 39.4 Å². The summed E-state index contributed by atoms with van der Waals surface area (Å²) in [6.07, 6.45) is 4.86. The fraction of sp³-hybridized carbons (Fsp3) is 0.233. The molecular formula is C30H29N3O2S. The molecule has 2 heterocycles. The topological polar surface area (TPSA) is 71.1 Å². The monoisotopic (exact) mass is 495 g/mol. The molecule has 0 spiro atoms. The van der Waals surface area contributed by atoms with Gasteiger partial charge in [-0.25, -0.2) is 4.98 Å². The molecule has 0 fully saturated rings. The molecule has 2 N–H and O–H groups in total. The zero-order chi connectivity index (χ0) is 25.2. The molecule has 5 rings (SSSR count). The van der Waals surface area contributed by atoms with Crippen LogP contribution in [0.25, 0.3) is 0 Å². The quantitative estimate of drug-likeness (QED) is 0.418. The third-order valence-electron chi connectivity index (χ3n) is 7.03. The number of allylic oxidation sites excluding steroid dienone is 3. The van der Waals surface area contributed by atoms with E-state index in [9.17, 15) is 9.59 Å². The van der Waals surface area contributed by atoms with Crippen molar-refractivity contribution in [1.29, 1.82) is 0 Å². The number of ketones is 1. The van der Waals surface area contributed by atoms with Crippen LogP contribution in [0.3, 0.4) is 0 Å².